The van der Waals surface area contributed by atoms with Gasteiger partial charge in [-0.1, -0.05) is 23.2 Å². The first-order valence-electron chi connectivity index (χ1n) is 6.23. The van der Waals surface area contributed by atoms with Crippen LogP contribution in [0.25, 0.3) is 11.1 Å². The molecular formula is C16H16Cl2O2. The lowest BCUT2D eigenvalue weighted by Crippen LogP contribution is -1.93. The van der Waals surface area contributed by atoms with Gasteiger partial charge in [0.25, 0.3) is 0 Å². The van der Waals surface area contributed by atoms with Crippen LogP contribution in [-0.4, -0.2) is 10.2 Å². The minimum Gasteiger partial charge on any atom is -0.504 e. The molecule has 20 heavy (non-hydrogen) atoms. The molecule has 0 aliphatic rings. The SMILES string of the molecule is Cc1cc(Cl)c(-c2c(C)c(Cl)c(C)c(O)c2O)cc1C. The van der Waals surface area contributed by atoms with E-state index in [4.69, 9.17) is 23.2 Å². The van der Waals surface area contributed by atoms with Gasteiger partial charge in [0.05, 0.1) is 5.02 Å². The van der Waals surface area contributed by atoms with Crippen molar-refractivity contribution in [1.29, 1.82) is 0 Å². The van der Waals surface area contributed by atoms with Gasteiger partial charge in [-0.3, -0.25) is 0 Å². The predicted molar refractivity (Wildman–Crippen MR) is 84.2 cm³/mol. The number of aromatic hydroxyl groups is 2. The third-order valence-electron chi connectivity index (χ3n) is 3.70. The molecule has 0 aromatic heterocycles. The quantitative estimate of drug-likeness (QED) is 0.701. The summed E-state index contributed by atoms with van der Waals surface area (Å²) >= 11 is 12.5. The fraction of sp³-hybridized carbons (Fsp3) is 0.250. The van der Waals surface area contributed by atoms with Gasteiger partial charge in [-0.05, 0) is 56.5 Å². The Morgan fingerprint density at radius 1 is 0.800 bits per heavy atom. The van der Waals surface area contributed by atoms with E-state index in [-0.39, 0.29) is 11.5 Å². The van der Waals surface area contributed by atoms with E-state index in [9.17, 15) is 10.2 Å². The monoisotopic (exact) mass is 310 g/mol. The van der Waals surface area contributed by atoms with Crippen LogP contribution >= 0.6 is 23.2 Å². The summed E-state index contributed by atoms with van der Waals surface area (Å²) in [6.45, 7) is 7.40. The summed E-state index contributed by atoms with van der Waals surface area (Å²) in [4.78, 5) is 0. The molecule has 0 amide bonds. The van der Waals surface area contributed by atoms with E-state index < -0.39 is 0 Å². The van der Waals surface area contributed by atoms with Gasteiger partial charge in [-0.2, -0.15) is 0 Å². The Morgan fingerprint density at radius 3 is 1.95 bits per heavy atom. The maximum Gasteiger partial charge on any atom is 0.166 e. The van der Waals surface area contributed by atoms with Crippen molar-refractivity contribution in [3.63, 3.8) is 0 Å². The molecule has 2 rings (SSSR count). The van der Waals surface area contributed by atoms with E-state index in [1.165, 1.54) is 0 Å². The molecule has 4 heteroatoms. The molecule has 0 aliphatic carbocycles. The van der Waals surface area contributed by atoms with Gasteiger partial charge in [0.2, 0.25) is 0 Å². The molecular weight excluding hydrogens is 295 g/mol. The Kier molecular flexibility index (Phi) is 3.90. The second-order valence-corrected chi connectivity index (χ2v) is 5.84. The van der Waals surface area contributed by atoms with Crippen LogP contribution in [0.2, 0.25) is 10.0 Å². The molecule has 0 spiro atoms. The lowest BCUT2D eigenvalue weighted by molar-refractivity contribution is 0.402. The summed E-state index contributed by atoms with van der Waals surface area (Å²) in [7, 11) is 0. The highest BCUT2D eigenvalue weighted by molar-refractivity contribution is 6.35. The number of hydrogen-bond donors (Lipinski definition) is 2. The van der Waals surface area contributed by atoms with E-state index in [1.54, 1.807) is 13.8 Å². The van der Waals surface area contributed by atoms with Crippen molar-refractivity contribution < 1.29 is 10.2 Å². The van der Waals surface area contributed by atoms with Crippen molar-refractivity contribution in [2.24, 2.45) is 0 Å². The Morgan fingerprint density at radius 2 is 1.35 bits per heavy atom. The van der Waals surface area contributed by atoms with Crippen molar-refractivity contribution in [3.05, 3.63) is 44.4 Å². The lowest BCUT2D eigenvalue weighted by Gasteiger charge is -2.17. The number of halogens is 2. The number of hydrogen-bond acceptors (Lipinski definition) is 2. The van der Waals surface area contributed by atoms with Crippen molar-refractivity contribution in [1.82, 2.24) is 0 Å². The minimum absolute atomic E-state index is 0.186. The maximum atomic E-state index is 10.3. The highest BCUT2D eigenvalue weighted by atomic mass is 35.5. The Labute approximate surface area is 128 Å². The molecule has 0 unspecified atom stereocenters. The summed E-state index contributed by atoms with van der Waals surface area (Å²) in [6, 6.07) is 3.74. The third-order valence-corrected chi connectivity index (χ3v) is 4.58. The van der Waals surface area contributed by atoms with Crippen molar-refractivity contribution in [2.45, 2.75) is 27.7 Å². The molecule has 0 atom stereocenters. The number of phenolic OH excluding ortho intramolecular Hbond substituents is 2. The van der Waals surface area contributed by atoms with Crippen molar-refractivity contribution >= 4 is 23.2 Å². The first-order valence-corrected chi connectivity index (χ1v) is 6.99. The van der Waals surface area contributed by atoms with E-state index >= 15 is 0 Å². The van der Waals surface area contributed by atoms with Gasteiger partial charge < -0.3 is 10.2 Å². The zero-order valence-electron chi connectivity index (χ0n) is 11.8. The summed E-state index contributed by atoms with van der Waals surface area (Å²) in [5, 5.41) is 21.2. The van der Waals surface area contributed by atoms with Crippen molar-refractivity contribution in [2.75, 3.05) is 0 Å². The summed E-state index contributed by atoms with van der Waals surface area (Å²) in [6.07, 6.45) is 0. The first-order chi connectivity index (χ1) is 9.25. The highest BCUT2D eigenvalue weighted by Crippen LogP contribution is 2.47. The van der Waals surface area contributed by atoms with Gasteiger partial charge >= 0.3 is 0 Å². The predicted octanol–water partition coefficient (Wildman–Crippen LogP) is 5.31. The van der Waals surface area contributed by atoms with Crippen LogP contribution in [-0.2, 0) is 0 Å². The van der Waals surface area contributed by atoms with Crippen LogP contribution in [0.4, 0.5) is 0 Å². The molecule has 2 aromatic carbocycles. The second kappa shape index (κ2) is 5.19. The molecule has 106 valence electrons. The smallest absolute Gasteiger partial charge is 0.166 e. The van der Waals surface area contributed by atoms with Crippen LogP contribution < -0.4 is 0 Å². The third kappa shape index (κ3) is 2.23. The molecule has 0 heterocycles. The molecule has 0 bridgehead atoms. The summed E-state index contributed by atoms with van der Waals surface area (Å²) in [5.41, 5.74) is 4.43. The normalized spacial score (nSPS) is 10.9. The minimum atomic E-state index is -0.204. The first kappa shape index (κ1) is 15.0. The highest BCUT2D eigenvalue weighted by Gasteiger charge is 2.21. The van der Waals surface area contributed by atoms with E-state index in [2.05, 4.69) is 0 Å². The maximum absolute atomic E-state index is 10.3. The standard InChI is InChI=1S/C16H16Cl2O2/c1-7-5-11(12(17)6-8(7)2)13-9(3)14(18)10(4)15(19)16(13)20/h5-6,19-20H,1-4H3. The van der Waals surface area contributed by atoms with E-state index in [1.807, 2.05) is 26.0 Å². The van der Waals surface area contributed by atoms with Gasteiger partial charge in [0.15, 0.2) is 11.5 Å². The number of phenols is 2. The molecule has 0 radical (unpaired) electrons. The zero-order chi connectivity index (χ0) is 15.2. The van der Waals surface area contributed by atoms with Gasteiger partial charge in [-0.25, -0.2) is 0 Å². The largest absolute Gasteiger partial charge is 0.504 e. The Balaban J connectivity index is 2.87. The van der Waals surface area contributed by atoms with E-state index in [0.29, 0.717) is 32.3 Å². The fourth-order valence-electron chi connectivity index (χ4n) is 2.27. The van der Waals surface area contributed by atoms with Gasteiger partial charge in [0.1, 0.15) is 0 Å². The van der Waals surface area contributed by atoms with Crippen LogP contribution in [0, 0.1) is 27.7 Å². The van der Waals surface area contributed by atoms with E-state index in [0.717, 1.165) is 11.1 Å². The lowest BCUT2D eigenvalue weighted by atomic mass is 9.94. The topological polar surface area (TPSA) is 40.5 Å². The molecule has 0 aliphatic heterocycles. The average molecular weight is 311 g/mol. The van der Waals surface area contributed by atoms with Gasteiger partial charge in [-0.15, -0.1) is 0 Å². The fourth-order valence-corrected chi connectivity index (χ4v) is 2.77. The van der Waals surface area contributed by atoms with Crippen LogP contribution in [0.15, 0.2) is 12.1 Å². The number of aryl methyl sites for hydroxylation is 2. The average Bonchev–Trinajstić information content (AvgIpc) is 2.40. The second-order valence-electron chi connectivity index (χ2n) is 5.05. The van der Waals surface area contributed by atoms with Crippen LogP contribution in [0.5, 0.6) is 11.5 Å². The zero-order valence-corrected chi connectivity index (χ0v) is 13.3. The Bertz CT molecular complexity index is 677. The summed E-state index contributed by atoms with van der Waals surface area (Å²) < 4.78 is 0. The summed E-state index contributed by atoms with van der Waals surface area (Å²) in [5.74, 6) is -0.389. The molecule has 2 N–H and O–H groups in total. The van der Waals surface area contributed by atoms with Crippen LogP contribution in [0.1, 0.15) is 22.3 Å². The molecule has 0 fully saturated rings. The number of benzene rings is 2. The molecule has 0 saturated heterocycles. The van der Waals surface area contributed by atoms with Crippen molar-refractivity contribution in [3.8, 4) is 22.6 Å². The number of rotatable bonds is 1. The van der Waals surface area contributed by atoms with Crippen LogP contribution in [0.3, 0.4) is 0 Å². The molecule has 2 aromatic rings. The van der Waals surface area contributed by atoms with Gasteiger partial charge in [0, 0.05) is 21.7 Å². The molecule has 0 saturated carbocycles. The Hall–Kier alpha value is -1.38. The molecule has 2 nitrogen and oxygen atoms in total.